The van der Waals surface area contributed by atoms with Gasteiger partial charge >= 0.3 is 5.97 Å². The molecule has 2 N–H and O–H groups in total. The van der Waals surface area contributed by atoms with Crippen molar-refractivity contribution >= 4 is 23.5 Å². The van der Waals surface area contributed by atoms with Crippen molar-refractivity contribution in [2.24, 2.45) is 7.05 Å². The SMILES string of the molecule is Cc1cccc(CN(CC(=O)Nc2cc(C(=O)O)ccc2F)C(=O)c2nn(C)c3c2COc2ccccc2-3)c1. The summed E-state index contributed by atoms with van der Waals surface area (Å²) < 4.78 is 21.8. The van der Waals surface area contributed by atoms with E-state index in [1.54, 1.807) is 11.7 Å². The standard InChI is InChI=1S/C29H25FN4O5/c1-17-6-5-7-18(12-17)14-34(15-25(35)31-23-13-19(29(37)38)10-11-22(23)30)28(36)26-21-16-39-24-9-4-3-8-20(24)27(21)33(2)32-26/h3-13H,14-16H2,1-2H3,(H,31,35)(H,37,38). The summed E-state index contributed by atoms with van der Waals surface area (Å²) in [6, 6.07) is 18.1. The molecule has 0 aliphatic carbocycles. The molecule has 39 heavy (non-hydrogen) atoms. The van der Waals surface area contributed by atoms with Crippen LogP contribution in [0.3, 0.4) is 0 Å². The average Bonchev–Trinajstić information content (AvgIpc) is 3.25. The molecule has 1 aliphatic heterocycles. The minimum Gasteiger partial charge on any atom is -0.488 e. The second-order valence-corrected chi connectivity index (χ2v) is 9.28. The zero-order valence-electron chi connectivity index (χ0n) is 21.3. The number of fused-ring (bicyclic) bond motifs is 3. The van der Waals surface area contributed by atoms with Crippen molar-refractivity contribution in [2.75, 3.05) is 11.9 Å². The lowest BCUT2D eigenvalue weighted by atomic mass is 10.0. The third kappa shape index (κ3) is 5.22. The Morgan fingerprint density at radius 3 is 2.67 bits per heavy atom. The van der Waals surface area contributed by atoms with Crippen LogP contribution < -0.4 is 10.1 Å². The van der Waals surface area contributed by atoms with Gasteiger partial charge in [-0.3, -0.25) is 14.3 Å². The number of carboxylic acids is 1. The van der Waals surface area contributed by atoms with Gasteiger partial charge in [-0.1, -0.05) is 42.0 Å². The highest BCUT2D eigenvalue weighted by atomic mass is 19.1. The maximum atomic E-state index is 14.3. The number of hydrogen-bond acceptors (Lipinski definition) is 5. The number of hydrogen-bond donors (Lipinski definition) is 2. The minimum absolute atomic E-state index is 0.0916. The second kappa shape index (κ2) is 10.4. The molecule has 9 nitrogen and oxygen atoms in total. The number of aryl methyl sites for hydroxylation is 2. The fraction of sp³-hybridized carbons (Fsp3) is 0.172. The Morgan fingerprint density at radius 1 is 1.10 bits per heavy atom. The van der Waals surface area contributed by atoms with Gasteiger partial charge in [0.25, 0.3) is 5.91 Å². The van der Waals surface area contributed by atoms with Crippen molar-refractivity contribution in [3.05, 3.63) is 100 Å². The van der Waals surface area contributed by atoms with Crippen molar-refractivity contribution in [1.82, 2.24) is 14.7 Å². The molecule has 0 unspecified atom stereocenters. The number of carboxylic acid groups (broad SMARTS) is 1. The van der Waals surface area contributed by atoms with Crippen LogP contribution in [-0.2, 0) is 25.0 Å². The van der Waals surface area contributed by atoms with Crippen LogP contribution in [0.5, 0.6) is 5.75 Å². The Hall–Kier alpha value is -4.99. The Kier molecular flexibility index (Phi) is 6.84. The number of rotatable bonds is 7. The van der Waals surface area contributed by atoms with Gasteiger partial charge < -0.3 is 20.1 Å². The van der Waals surface area contributed by atoms with Gasteiger partial charge in [-0.15, -0.1) is 0 Å². The minimum atomic E-state index is -1.26. The number of aromatic carboxylic acids is 1. The molecule has 0 radical (unpaired) electrons. The Bertz CT molecular complexity index is 1610. The molecule has 0 bridgehead atoms. The van der Waals surface area contributed by atoms with Crippen LogP contribution in [0.1, 0.15) is 37.5 Å². The van der Waals surface area contributed by atoms with Crippen LogP contribution in [-0.4, -0.2) is 44.1 Å². The number of anilines is 1. The molecule has 10 heteroatoms. The summed E-state index contributed by atoms with van der Waals surface area (Å²) in [5.74, 6) is -2.55. The number of aromatic nitrogens is 2. The lowest BCUT2D eigenvalue weighted by molar-refractivity contribution is -0.117. The maximum absolute atomic E-state index is 14.3. The molecule has 2 heterocycles. The van der Waals surface area contributed by atoms with Crippen LogP contribution >= 0.6 is 0 Å². The Labute approximate surface area is 223 Å². The predicted molar refractivity (Wildman–Crippen MR) is 141 cm³/mol. The summed E-state index contributed by atoms with van der Waals surface area (Å²) in [5.41, 5.74) is 3.64. The first-order chi connectivity index (χ1) is 18.7. The van der Waals surface area contributed by atoms with Crippen molar-refractivity contribution < 1.29 is 28.6 Å². The normalized spacial score (nSPS) is 11.7. The van der Waals surface area contributed by atoms with Gasteiger partial charge in [0, 0.05) is 24.7 Å². The fourth-order valence-electron chi connectivity index (χ4n) is 4.65. The van der Waals surface area contributed by atoms with Crippen molar-refractivity contribution in [2.45, 2.75) is 20.1 Å². The summed E-state index contributed by atoms with van der Waals surface area (Å²) in [6.07, 6.45) is 0. The van der Waals surface area contributed by atoms with E-state index in [2.05, 4.69) is 10.4 Å². The van der Waals surface area contributed by atoms with E-state index in [0.29, 0.717) is 11.3 Å². The van der Waals surface area contributed by atoms with E-state index in [9.17, 15) is 23.9 Å². The lowest BCUT2D eigenvalue weighted by Gasteiger charge is -2.23. The number of carbonyl (C=O) groups excluding carboxylic acids is 2. The molecule has 4 aromatic rings. The summed E-state index contributed by atoms with van der Waals surface area (Å²) in [6.45, 7) is 1.73. The van der Waals surface area contributed by atoms with Crippen LogP contribution in [0.2, 0.25) is 0 Å². The molecule has 198 valence electrons. The third-order valence-corrected chi connectivity index (χ3v) is 6.43. The monoisotopic (exact) mass is 528 g/mol. The second-order valence-electron chi connectivity index (χ2n) is 9.28. The first kappa shape index (κ1) is 25.7. The number of amides is 2. The lowest BCUT2D eigenvalue weighted by Crippen LogP contribution is -2.38. The molecule has 0 saturated carbocycles. The topological polar surface area (TPSA) is 114 Å². The zero-order valence-corrected chi connectivity index (χ0v) is 21.3. The Morgan fingerprint density at radius 2 is 1.90 bits per heavy atom. The van der Waals surface area contributed by atoms with E-state index < -0.39 is 30.1 Å². The smallest absolute Gasteiger partial charge is 0.335 e. The van der Waals surface area contributed by atoms with Crippen LogP contribution in [0.4, 0.5) is 10.1 Å². The first-order valence-electron chi connectivity index (χ1n) is 12.2. The summed E-state index contributed by atoms with van der Waals surface area (Å²) in [4.78, 5) is 39.5. The summed E-state index contributed by atoms with van der Waals surface area (Å²) >= 11 is 0. The van der Waals surface area contributed by atoms with Gasteiger partial charge in [-0.2, -0.15) is 5.10 Å². The van der Waals surface area contributed by atoms with Crippen LogP contribution in [0, 0.1) is 12.7 Å². The number of benzene rings is 3. The molecule has 1 aromatic heterocycles. The van der Waals surface area contributed by atoms with E-state index in [1.165, 1.54) is 4.90 Å². The van der Waals surface area contributed by atoms with E-state index in [-0.39, 0.29) is 30.1 Å². The van der Waals surface area contributed by atoms with Gasteiger partial charge in [0.2, 0.25) is 5.91 Å². The van der Waals surface area contributed by atoms with Gasteiger partial charge in [0.1, 0.15) is 24.7 Å². The summed E-state index contributed by atoms with van der Waals surface area (Å²) in [5, 5.41) is 16.1. The number of nitrogens with one attached hydrogen (secondary N) is 1. The average molecular weight is 529 g/mol. The van der Waals surface area contributed by atoms with Gasteiger partial charge in [0.15, 0.2) is 5.69 Å². The molecular weight excluding hydrogens is 503 g/mol. The molecule has 0 fully saturated rings. The van der Waals surface area contributed by atoms with Crippen LogP contribution in [0.25, 0.3) is 11.3 Å². The van der Waals surface area contributed by atoms with E-state index >= 15 is 0 Å². The van der Waals surface area contributed by atoms with Gasteiger partial charge in [-0.05, 0) is 42.8 Å². The van der Waals surface area contributed by atoms with Gasteiger partial charge in [0.05, 0.1) is 16.9 Å². The summed E-state index contributed by atoms with van der Waals surface area (Å²) in [7, 11) is 1.74. The largest absolute Gasteiger partial charge is 0.488 e. The van der Waals surface area contributed by atoms with Crippen LogP contribution in [0.15, 0.2) is 66.7 Å². The highest BCUT2D eigenvalue weighted by Crippen LogP contribution is 2.38. The quantitative estimate of drug-likeness (QED) is 0.368. The maximum Gasteiger partial charge on any atom is 0.335 e. The number of halogens is 1. The number of para-hydroxylation sites is 1. The molecule has 3 aromatic carbocycles. The van der Waals surface area contributed by atoms with E-state index in [0.717, 1.165) is 40.6 Å². The number of ether oxygens (including phenoxy) is 1. The highest BCUT2D eigenvalue weighted by molar-refractivity contribution is 6.01. The number of nitrogens with zero attached hydrogens (tertiary/aromatic N) is 3. The first-order valence-corrected chi connectivity index (χ1v) is 12.2. The molecule has 1 aliphatic rings. The van der Waals surface area contributed by atoms with Crippen molar-refractivity contribution in [3.63, 3.8) is 0 Å². The molecule has 0 spiro atoms. The fourth-order valence-corrected chi connectivity index (χ4v) is 4.65. The molecular formula is C29H25FN4O5. The van der Waals surface area contributed by atoms with Crippen molar-refractivity contribution in [3.8, 4) is 17.0 Å². The van der Waals surface area contributed by atoms with Gasteiger partial charge in [-0.25, -0.2) is 9.18 Å². The number of carbonyl (C=O) groups is 3. The molecule has 5 rings (SSSR count). The van der Waals surface area contributed by atoms with E-state index in [1.807, 2.05) is 55.5 Å². The Balaban J connectivity index is 1.47. The van der Waals surface area contributed by atoms with Crippen molar-refractivity contribution in [1.29, 1.82) is 0 Å². The highest BCUT2D eigenvalue weighted by Gasteiger charge is 2.31. The molecule has 0 saturated heterocycles. The zero-order chi connectivity index (χ0) is 27.7. The molecule has 0 atom stereocenters. The molecule has 2 amide bonds. The third-order valence-electron chi connectivity index (χ3n) is 6.43. The van der Waals surface area contributed by atoms with E-state index in [4.69, 9.17) is 4.74 Å². The predicted octanol–water partition coefficient (Wildman–Crippen LogP) is 4.41.